The fourth-order valence-corrected chi connectivity index (χ4v) is 4.53. The molecule has 32 heavy (non-hydrogen) atoms. The molecule has 0 aliphatic carbocycles. The van der Waals surface area contributed by atoms with Gasteiger partial charge in [0.05, 0.1) is 36.6 Å². The highest BCUT2D eigenvalue weighted by Crippen LogP contribution is 2.34. The summed E-state index contributed by atoms with van der Waals surface area (Å²) >= 11 is 0. The van der Waals surface area contributed by atoms with Crippen molar-refractivity contribution in [2.45, 2.75) is 39.7 Å². The molecule has 0 saturated carbocycles. The van der Waals surface area contributed by atoms with Crippen molar-refractivity contribution in [1.29, 1.82) is 0 Å². The van der Waals surface area contributed by atoms with Crippen molar-refractivity contribution in [2.75, 3.05) is 20.3 Å². The maximum atomic E-state index is 14.4. The molecule has 0 N–H and O–H groups in total. The number of rotatable bonds is 5. The Balaban J connectivity index is 1.77. The summed E-state index contributed by atoms with van der Waals surface area (Å²) < 4.78 is 26.9. The van der Waals surface area contributed by atoms with Gasteiger partial charge in [-0.25, -0.2) is 9.18 Å². The van der Waals surface area contributed by atoms with Crippen molar-refractivity contribution in [1.82, 2.24) is 9.47 Å². The van der Waals surface area contributed by atoms with Gasteiger partial charge < -0.3 is 18.9 Å². The highest BCUT2D eigenvalue weighted by Gasteiger charge is 2.38. The summed E-state index contributed by atoms with van der Waals surface area (Å²) in [6.07, 6.45) is 3.50. The zero-order valence-electron chi connectivity index (χ0n) is 18.8. The van der Waals surface area contributed by atoms with Gasteiger partial charge in [-0.05, 0) is 63.5 Å². The number of hydrogen-bond donors (Lipinski definition) is 0. The first-order chi connectivity index (χ1) is 15.3. The molecule has 3 heterocycles. The molecule has 0 unspecified atom stereocenters. The van der Waals surface area contributed by atoms with Gasteiger partial charge in [-0.3, -0.25) is 4.79 Å². The normalized spacial score (nSPS) is 20.0. The predicted molar refractivity (Wildman–Crippen MR) is 119 cm³/mol. The number of halogens is 1. The second kappa shape index (κ2) is 8.74. The van der Waals surface area contributed by atoms with E-state index in [1.807, 2.05) is 19.9 Å². The standard InChI is InChI=1S/C25H27FN2O4/c1-15-12-18(16(2)28(15)22-10-6-5-9-21(22)26)13-20-23(25(30)31-4)17(3)27(24(20)29)14-19-8-7-11-32-19/h5-6,9-10,12-13,19H,7-8,11,14H2,1-4H3/b20-13-/t19-/m0/s1. The van der Waals surface area contributed by atoms with E-state index in [-0.39, 0.29) is 29.0 Å². The van der Waals surface area contributed by atoms with Crippen LogP contribution in [0, 0.1) is 19.7 Å². The molecular weight excluding hydrogens is 411 g/mol. The average molecular weight is 438 g/mol. The summed E-state index contributed by atoms with van der Waals surface area (Å²) in [5, 5.41) is 0. The number of ether oxygens (including phenoxy) is 2. The summed E-state index contributed by atoms with van der Waals surface area (Å²) in [6, 6.07) is 8.43. The quantitative estimate of drug-likeness (QED) is 0.521. The van der Waals surface area contributed by atoms with Crippen LogP contribution < -0.4 is 0 Å². The van der Waals surface area contributed by atoms with Gasteiger partial charge in [-0.15, -0.1) is 0 Å². The lowest BCUT2D eigenvalue weighted by molar-refractivity contribution is -0.136. The minimum absolute atomic E-state index is 0.0433. The van der Waals surface area contributed by atoms with Crippen LogP contribution in [-0.2, 0) is 19.1 Å². The Morgan fingerprint density at radius 3 is 2.69 bits per heavy atom. The molecule has 1 aromatic heterocycles. The number of amides is 1. The molecule has 1 atom stereocenters. The Morgan fingerprint density at radius 2 is 2.03 bits per heavy atom. The first-order valence-corrected chi connectivity index (χ1v) is 10.7. The van der Waals surface area contributed by atoms with Crippen LogP contribution in [-0.4, -0.2) is 47.7 Å². The smallest absolute Gasteiger partial charge is 0.340 e. The molecule has 2 aliphatic heterocycles. The summed E-state index contributed by atoms with van der Waals surface area (Å²) in [5.41, 5.74) is 3.86. The number of methoxy groups -OCH3 is 1. The van der Waals surface area contributed by atoms with E-state index < -0.39 is 5.97 Å². The second-order valence-electron chi connectivity index (χ2n) is 8.17. The van der Waals surface area contributed by atoms with Gasteiger partial charge in [0.25, 0.3) is 5.91 Å². The number of carbonyl (C=O) groups is 2. The lowest BCUT2D eigenvalue weighted by Gasteiger charge is -2.21. The average Bonchev–Trinajstić information content (AvgIpc) is 3.44. The Labute approximate surface area is 186 Å². The SMILES string of the molecule is COC(=O)C1=C(C)N(C[C@@H]2CCCO2)C(=O)/C1=C\c1cc(C)n(-c2ccccc2F)c1C. The van der Waals surface area contributed by atoms with Gasteiger partial charge in [-0.1, -0.05) is 12.1 Å². The number of esters is 1. The molecule has 0 radical (unpaired) electrons. The Morgan fingerprint density at radius 1 is 1.28 bits per heavy atom. The predicted octanol–water partition coefficient (Wildman–Crippen LogP) is 4.08. The van der Waals surface area contributed by atoms with Crippen molar-refractivity contribution in [3.05, 3.63) is 69.9 Å². The number of aromatic nitrogens is 1. The van der Waals surface area contributed by atoms with Crippen molar-refractivity contribution in [2.24, 2.45) is 0 Å². The van der Waals surface area contributed by atoms with E-state index in [4.69, 9.17) is 9.47 Å². The Kier molecular flexibility index (Phi) is 6.02. The third-order valence-corrected chi connectivity index (χ3v) is 6.17. The second-order valence-corrected chi connectivity index (χ2v) is 8.17. The largest absolute Gasteiger partial charge is 0.465 e. The van der Waals surface area contributed by atoms with E-state index in [0.717, 1.165) is 29.8 Å². The monoisotopic (exact) mass is 438 g/mol. The molecule has 1 aromatic carbocycles. The molecule has 168 valence electrons. The highest BCUT2D eigenvalue weighted by molar-refractivity contribution is 6.16. The van der Waals surface area contributed by atoms with Gasteiger partial charge in [0, 0.05) is 23.7 Å². The minimum atomic E-state index is -0.556. The minimum Gasteiger partial charge on any atom is -0.465 e. The van der Waals surface area contributed by atoms with Crippen molar-refractivity contribution < 1.29 is 23.5 Å². The van der Waals surface area contributed by atoms with Crippen LogP contribution in [0.3, 0.4) is 0 Å². The van der Waals surface area contributed by atoms with Crippen molar-refractivity contribution in [3.63, 3.8) is 0 Å². The third-order valence-electron chi connectivity index (χ3n) is 6.17. The molecule has 4 rings (SSSR count). The van der Waals surface area contributed by atoms with Crippen LogP contribution >= 0.6 is 0 Å². The number of carbonyl (C=O) groups excluding carboxylic acids is 2. The van der Waals surface area contributed by atoms with E-state index >= 15 is 0 Å². The molecule has 7 heteroatoms. The van der Waals surface area contributed by atoms with Crippen LogP contribution in [0.25, 0.3) is 11.8 Å². The van der Waals surface area contributed by atoms with Crippen molar-refractivity contribution in [3.8, 4) is 5.69 Å². The van der Waals surface area contributed by atoms with E-state index in [0.29, 0.717) is 24.5 Å². The molecule has 1 saturated heterocycles. The number of allylic oxidation sites excluding steroid dienone is 1. The molecule has 0 bridgehead atoms. The van der Waals surface area contributed by atoms with Gasteiger partial charge in [-0.2, -0.15) is 0 Å². The first kappa shape index (κ1) is 22.0. The molecule has 1 fully saturated rings. The molecule has 2 aliphatic rings. The van der Waals surface area contributed by atoms with Crippen molar-refractivity contribution >= 4 is 18.0 Å². The van der Waals surface area contributed by atoms with E-state index in [2.05, 4.69) is 0 Å². The topological polar surface area (TPSA) is 60.8 Å². The Hall–Kier alpha value is -3.19. The fourth-order valence-electron chi connectivity index (χ4n) is 4.53. The number of aryl methyl sites for hydroxylation is 1. The molecule has 2 aromatic rings. The zero-order valence-corrected chi connectivity index (χ0v) is 18.8. The number of para-hydroxylation sites is 1. The van der Waals surface area contributed by atoms with E-state index in [1.165, 1.54) is 13.2 Å². The maximum absolute atomic E-state index is 14.4. The van der Waals surface area contributed by atoms with Gasteiger partial charge >= 0.3 is 5.97 Å². The van der Waals surface area contributed by atoms with Crippen LogP contribution in [0.15, 0.2) is 47.2 Å². The molecule has 1 amide bonds. The highest BCUT2D eigenvalue weighted by atomic mass is 19.1. The van der Waals surface area contributed by atoms with Gasteiger partial charge in [0.1, 0.15) is 5.82 Å². The first-order valence-electron chi connectivity index (χ1n) is 10.7. The Bertz CT molecular complexity index is 1140. The van der Waals surface area contributed by atoms with Crippen LogP contribution in [0.2, 0.25) is 0 Å². The summed E-state index contributed by atoms with van der Waals surface area (Å²) in [5.74, 6) is -1.15. The lowest BCUT2D eigenvalue weighted by Crippen LogP contribution is -2.33. The summed E-state index contributed by atoms with van der Waals surface area (Å²) in [4.78, 5) is 27.5. The number of benzene rings is 1. The molecular formula is C25H27FN2O4. The van der Waals surface area contributed by atoms with Gasteiger partial charge in [0.15, 0.2) is 0 Å². The summed E-state index contributed by atoms with van der Waals surface area (Å²) in [7, 11) is 1.30. The van der Waals surface area contributed by atoms with Gasteiger partial charge in [0.2, 0.25) is 0 Å². The number of nitrogens with zero attached hydrogens (tertiary/aromatic N) is 2. The van der Waals surface area contributed by atoms with E-state index in [1.54, 1.807) is 40.7 Å². The summed E-state index contributed by atoms with van der Waals surface area (Å²) in [6.45, 7) is 6.58. The maximum Gasteiger partial charge on any atom is 0.340 e. The fraction of sp³-hybridized carbons (Fsp3) is 0.360. The third kappa shape index (κ3) is 3.77. The van der Waals surface area contributed by atoms with Crippen LogP contribution in [0.5, 0.6) is 0 Å². The lowest BCUT2D eigenvalue weighted by atomic mass is 10.0. The molecule has 0 spiro atoms. The number of hydrogen-bond acceptors (Lipinski definition) is 4. The van der Waals surface area contributed by atoms with E-state index in [9.17, 15) is 14.0 Å². The van der Waals surface area contributed by atoms with Crippen LogP contribution in [0.1, 0.15) is 36.7 Å². The van der Waals surface area contributed by atoms with Crippen LogP contribution in [0.4, 0.5) is 4.39 Å². The molecule has 6 nitrogen and oxygen atoms in total. The zero-order chi connectivity index (χ0) is 23.0.